The van der Waals surface area contributed by atoms with Crippen LogP contribution in [0.4, 0.5) is 4.79 Å². The van der Waals surface area contributed by atoms with Gasteiger partial charge in [-0.25, -0.2) is 4.79 Å². The van der Waals surface area contributed by atoms with E-state index in [4.69, 9.17) is 0 Å². The third-order valence-corrected chi connectivity index (χ3v) is 5.53. The molecule has 4 amide bonds. The van der Waals surface area contributed by atoms with Crippen LogP contribution in [0, 0.1) is 11.8 Å². The summed E-state index contributed by atoms with van der Waals surface area (Å²) in [6.45, 7) is 6.87. The van der Waals surface area contributed by atoms with Crippen LogP contribution in [0.15, 0.2) is 0 Å². The van der Waals surface area contributed by atoms with Gasteiger partial charge in [-0.05, 0) is 38.1 Å². The molecule has 3 aliphatic heterocycles. The number of nitrogens with one attached hydrogen (secondary N) is 1. The first-order valence-electron chi connectivity index (χ1n) is 9.14. The van der Waals surface area contributed by atoms with Gasteiger partial charge < -0.3 is 15.1 Å². The molecule has 0 saturated carbocycles. The molecule has 3 aliphatic rings. The Kier molecular flexibility index (Phi) is 5.38. The Morgan fingerprint density at radius 2 is 1.88 bits per heavy atom. The maximum atomic E-state index is 12.7. The summed E-state index contributed by atoms with van der Waals surface area (Å²) in [5.74, 6) is 0.921. The van der Waals surface area contributed by atoms with Gasteiger partial charge in [0.15, 0.2) is 0 Å². The lowest BCUT2D eigenvalue weighted by Crippen LogP contribution is -2.48. The molecule has 0 aromatic heterocycles. The number of carbonyl (C=O) groups excluding carboxylic acids is 3. The molecule has 3 fully saturated rings. The van der Waals surface area contributed by atoms with Gasteiger partial charge in [-0.2, -0.15) is 0 Å². The lowest BCUT2D eigenvalue weighted by molar-refractivity contribution is -0.139. The molecule has 3 heterocycles. The highest BCUT2D eigenvalue weighted by Gasteiger charge is 2.32. The van der Waals surface area contributed by atoms with Gasteiger partial charge in [0, 0.05) is 32.7 Å². The molecule has 0 radical (unpaired) electrons. The molecule has 7 nitrogen and oxygen atoms in total. The molecule has 0 aromatic rings. The Morgan fingerprint density at radius 1 is 1.12 bits per heavy atom. The number of imide groups is 1. The Hall–Kier alpha value is -1.63. The van der Waals surface area contributed by atoms with Crippen LogP contribution < -0.4 is 5.32 Å². The van der Waals surface area contributed by atoms with Gasteiger partial charge in [0.2, 0.25) is 11.8 Å². The van der Waals surface area contributed by atoms with E-state index in [1.807, 2.05) is 4.90 Å². The first-order chi connectivity index (χ1) is 11.5. The van der Waals surface area contributed by atoms with Crippen LogP contribution in [0.5, 0.6) is 0 Å². The highest BCUT2D eigenvalue weighted by Crippen LogP contribution is 2.23. The number of nitrogens with zero attached hydrogens (tertiary/aromatic N) is 3. The fourth-order valence-corrected chi connectivity index (χ4v) is 3.87. The molecule has 3 rings (SSSR count). The van der Waals surface area contributed by atoms with E-state index in [9.17, 15) is 14.4 Å². The quantitative estimate of drug-likeness (QED) is 0.759. The highest BCUT2D eigenvalue weighted by molar-refractivity contribution is 6.01. The predicted octanol–water partition coefficient (Wildman–Crippen LogP) is 0.509. The number of amides is 4. The van der Waals surface area contributed by atoms with E-state index in [1.54, 1.807) is 0 Å². The van der Waals surface area contributed by atoms with Crippen molar-refractivity contribution < 1.29 is 14.4 Å². The minimum Gasteiger partial charge on any atom is -0.342 e. The maximum Gasteiger partial charge on any atom is 0.324 e. The van der Waals surface area contributed by atoms with Gasteiger partial charge >= 0.3 is 6.03 Å². The van der Waals surface area contributed by atoms with Gasteiger partial charge in [-0.3, -0.25) is 14.5 Å². The molecular weight excluding hydrogens is 308 g/mol. The average Bonchev–Trinajstić information content (AvgIpc) is 2.91. The molecule has 3 saturated heterocycles. The van der Waals surface area contributed by atoms with Crippen molar-refractivity contribution in [1.82, 2.24) is 20.0 Å². The lowest BCUT2D eigenvalue weighted by atomic mass is 9.93. The summed E-state index contributed by atoms with van der Waals surface area (Å²) in [4.78, 5) is 41.5. The Morgan fingerprint density at radius 3 is 2.54 bits per heavy atom. The largest absolute Gasteiger partial charge is 0.342 e. The minimum atomic E-state index is -0.299. The van der Waals surface area contributed by atoms with E-state index < -0.39 is 0 Å². The topological polar surface area (TPSA) is 73.0 Å². The SMILES string of the molecule is CC1CCN(C(=O)[C@@H]2CCCN(CCN3C(=O)CNC3=O)C2)CC1. The van der Waals surface area contributed by atoms with Crippen LogP contribution in [-0.2, 0) is 9.59 Å². The van der Waals surface area contributed by atoms with Gasteiger partial charge in [0.1, 0.15) is 0 Å². The summed E-state index contributed by atoms with van der Waals surface area (Å²) in [6, 6.07) is -0.299. The molecule has 0 unspecified atom stereocenters. The Balaban J connectivity index is 1.48. The summed E-state index contributed by atoms with van der Waals surface area (Å²) < 4.78 is 0. The fourth-order valence-electron chi connectivity index (χ4n) is 3.87. The third kappa shape index (κ3) is 3.88. The minimum absolute atomic E-state index is 0.0651. The maximum absolute atomic E-state index is 12.7. The summed E-state index contributed by atoms with van der Waals surface area (Å²) in [5, 5.41) is 2.54. The van der Waals surface area contributed by atoms with E-state index in [0.717, 1.165) is 57.8 Å². The van der Waals surface area contributed by atoms with Crippen LogP contribution >= 0.6 is 0 Å². The van der Waals surface area contributed by atoms with E-state index in [0.29, 0.717) is 19.0 Å². The third-order valence-electron chi connectivity index (χ3n) is 5.53. The zero-order valence-corrected chi connectivity index (χ0v) is 14.5. The van der Waals surface area contributed by atoms with Crippen molar-refractivity contribution in [1.29, 1.82) is 0 Å². The van der Waals surface area contributed by atoms with Crippen molar-refractivity contribution in [3.8, 4) is 0 Å². The second-order valence-electron chi connectivity index (χ2n) is 7.35. The molecule has 1 N–H and O–H groups in total. The number of carbonyl (C=O) groups is 3. The van der Waals surface area contributed by atoms with E-state index >= 15 is 0 Å². The van der Waals surface area contributed by atoms with Crippen molar-refractivity contribution in [2.45, 2.75) is 32.6 Å². The predicted molar refractivity (Wildman–Crippen MR) is 89.3 cm³/mol. The van der Waals surface area contributed by atoms with Gasteiger partial charge in [-0.15, -0.1) is 0 Å². The van der Waals surface area contributed by atoms with Gasteiger partial charge in [-0.1, -0.05) is 6.92 Å². The molecule has 0 spiro atoms. The molecule has 134 valence electrons. The standard InChI is InChI=1S/C17H28N4O3/c1-13-4-7-20(8-5-13)16(23)14-3-2-6-19(12-14)9-10-21-15(22)11-18-17(21)24/h13-14H,2-12H2,1H3,(H,18,24)/t14-/m1/s1. The van der Waals surface area contributed by atoms with Gasteiger partial charge in [0.05, 0.1) is 12.5 Å². The van der Waals surface area contributed by atoms with Crippen LogP contribution in [0.3, 0.4) is 0 Å². The summed E-state index contributed by atoms with van der Waals surface area (Å²) in [7, 11) is 0. The smallest absolute Gasteiger partial charge is 0.324 e. The fraction of sp³-hybridized carbons (Fsp3) is 0.824. The van der Waals surface area contributed by atoms with E-state index in [-0.39, 0.29) is 24.4 Å². The lowest BCUT2D eigenvalue weighted by Gasteiger charge is -2.37. The Bertz CT molecular complexity index is 486. The van der Waals surface area contributed by atoms with Crippen molar-refractivity contribution in [3.05, 3.63) is 0 Å². The summed E-state index contributed by atoms with van der Waals surface area (Å²) in [5.41, 5.74) is 0. The Labute approximate surface area is 143 Å². The zero-order chi connectivity index (χ0) is 17.1. The van der Waals surface area contributed by atoms with E-state index in [2.05, 4.69) is 17.1 Å². The second-order valence-corrected chi connectivity index (χ2v) is 7.35. The average molecular weight is 336 g/mol. The first-order valence-corrected chi connectivity index (χ1v) is 9.14. The number of likely N-dealkylation sites (tertiary alicyclic amines) is 2. The van der Waals surface area contributed by atoms with Crippen LogP contribution in [-0.4, -0.2) is 78.4 Å². The summed E-state index contributed by atoms with van der Waals surface area (Å²) >= 11 is 0. The molecule has 0 aromatic carbocycles. The monoisotopic (exact) mass is 336 g/mol. The molecular formula is C17H28N4O3. The molecule has 1 atom stereocenters. The second kappa shape index (κ2) is 7.51. The van der Waals surface area contributed by atoms with Crippen molar-refractivity contribution in [3.63, 3.8) is 0 Å². The molecule has 0 bridgehead atoms. The number of hydrogen-bond donors (Lipinski definition) is 1. The molecule has 7 heteroatoms. The number of rotatable bonds is 4. The van der Waals surface area contributed by atoms with Gasteiger partial charge in [0.25, 0.3) is 0 Å². The number of piperidine rings is 2. The zero-order valence-electron chi connectivity index (χ0n) is 14.5. The van der Waals surface area contributed by atoms with Crippen molar-refractivity contribution in [2.24, 2.45) is 11.8 Å². The molecule has 0 aliphatic carbocycles. The van der Waals surface area contributed by atoms with Crippen LogP contribution in [0.2, 0.25) is 0 Å². The first kappa shape index (κ1) is 17.2. The molecule has 24 heavy (non-hydrogen) atoms. The number of urea groups is 1. The van der Waals surface area contributed by atoms with E-state index in [1.165, 1.54) is 4.90 Å². The van der Waals surface area contributed by atoms with Crippen LogP contribution in [0.1, 0.15) is 32.6 Å². The normalized spacial score (nSPS) is 26.8. The van der Waals surface area contributed by atoms with Crippen molar-refractivity contribution >= 4 is 17.8 Å². The van der Waals surface area contributed by atoms with Crippen molar-refractivity contribution in [2.75, 3.05) is 45.8 Å². The highest BCUT2D eigenvalue weighted by atomic mass is 16.2. The number of hydrogen-bond acceptors (Lipinski definition) is 4. The van der Waals surface area contributed by atoms with Crippen LogP contribution in [0.25, 0.3) is 0 Å². The summed E-state index contributed by atoms with van der Waals surface area (Å²) in [6.07, 6.45) is 4.16.